The first kappa shape index (κ1) is 62.8. The highest BCUT2D eigenvalue weighted by atomic mass is 13.4. The van der Waals surface area contributed by atoms with Crippen LogP contribution in [0.2, 0.25) is 6.82 Å². The Labute approximate surface area is 65.5 Å². The van der Waals surface area contributed by atoms with Crippen molar-refractivity contribution in [1.29, 1.82) is 0 Å². The van der Waals surface area contributed by atoms with E-state index < -0.39 is 0 Å². The maximum atomic E-state index is 4.50. The van der Waals surface area contributed by atoms with Crippen LogP contribution in [-0.4, -0.2) is 7.85 Å². The highest BCUT2D eigenvalue weighted by Gasteiger charge is 1.35. The molecule has 0 aromatic rings. The smallest absolute Gasteiger partial charge is 0.0606 e. The predicted molar refractivity (Wildman–Crippen MR) is 54.5 cm³/mol. The zero-order valence-corrected chi connectivity index (χ0v) is 4.28. The van der Waals surface area contributed by atoms with E-state index in [1.54, 1.807) is 0 Å². The molecule has 0 rings (SSSR count). The van der Waals surface area contributed by atoms with Gasteiger partial charge in [-0.25, -0.2) is 0 Å². The van der Waals surface area contributed by atoms with Crippen LogP contribution in [0.5, 0.6) is 0 Å². The molecule has 9 heavy (non-hydrogen) atoms. The van der Waals surface area contributed by atoms with Gasteiger partial charge in [-0.3, -0.25) is 0 Å². The first-order valence-corrected chi connectivity index (χ1v) is 1.99. The molecule has 0 unspecified atom stereocenters. The minimum absolute atomic E-state index is 0. The zero-order valence-electron chi connectivity index (χ0n) is 4.28. The van der Waals surface area contributed by atoms with Crippen molar-refractivity contribution in [3.63, 3.8) is 0 Å². The molecule has 0 spiro atoms. The Bertz CT molecular complexity index is 4.53. The zero-order chi connectivity index (χ0) is 4.71. The molecular weight excluding hydrogens is 107 g/mol. The Morgan fingerprint density at radius 1 is 0.778 bits per heavy atom. The lowest BCUT2D eigenvalue weighted by molar-refractivity contribution is 1.09. The summed E-state index contributed by atoms with van der Waals surface area (Å²) >= 11 is 0. The van der Waals surface area contributed by atoms with Gasteiger partial charge in [0.25, 0.3) is 0 Å². The third-order valence-electron chi connectivity index (χ3n) is 0. The maximum absolute atomic E-state index is 4.50. The summed E-state index contributed by atoms with van der Waals surface area (Å²) in [5.41, 5.74) is 0. The minimum atomic E-state index is 0. The molecule has 0 aromatic heterocycles. The van der Waals surface area contributed by atoms with Crippen LogP contribution < -0.4 is 0 Å². The van der Waals surface area contributed by atoms with E-state index >= 15 is 0 Å². The molecule has 0 heterocycles. The largest absolute Gasteiger partial charge is 0.0999 e. The molecule has 2 radical (unpaired) electrons. The maximum Gasteiger partial charge on any atom is 0.0606 e. The lowest BCUT2D eigenvalue weighted by atomic mass is 10.2. The summed E-state index contributed by atoms with van der Waals surface area (Å²) in [5, 5.41) is 0. The van der Waals surface area contributed by atoms with Gasteiger partial charge in [0.05, 0.1) is 7.85 Å². The molecule has 0 fully saturated rings. The van der Waals surface area contributed by atoms with E-state index in [4.69, 9.17) is 0 Å². The van der Waals surface area contributed by atoms with E-state index in [1.807, 2.05) is 0 Å². The van der Waals surface area contributed by atoms with E-state index in [1.165, 1.54) is 13.2 Å². The minimum Gasteiger partial charge on any atom is -0.0999 e. The average molecular weight is 134 g/mol. The van der Waals surface area contributed by atoms with Crippen LogP contribution in [0.3, 0.4) is 0 Å². The molecular formula is C8H27B. The third-order valence-corrected chi connectivity index (χ3v) is 0. The highest BCUT2D eigenvalue weighted by Crippen LogP contribution is 1.56. The predicted octanol–water partition coefficient (Wildman–Crippen LogP) is 4.16. The van der Waals surface area contributed by atoms with Gasteiger partial charge in [0.15, 0.2) is 0 Å². The van der Waals surface area contributed by atoms with E-state index in [0.29, 0.717) is 0 Å². The SMILES string of the molecule is C.C.C.C.CCC.[B]C. The quantitative estimate of drug-likeness (QED) is 0.436. The fourth-order valence-corrected chi connectivity index (χ4v) is 0. The van der Waals surface area contributed by atoms with Gasteiger partial charge in [0, 0.05) is 0 Å². The van der Waals surface area contributed by atoms with Crippen LogP contribution in [0.1, 0.15) is 50.0 Å². The molecule has 0 aliphatic heterocycles. The van der Waals surface area contributed by atoms with Crippen molar-refractivity contribution >= 4 is 7.85 Å². The Kier molecular flexibility index (Phi) is 2480. The summed E-state index contributed by atoms with van der Waals surface area (Å²) in [7, 11) is 4.50. The number of hydrogen-bond donors (Lipinski definition) is 0. The second-order valence-corrected chi connectivity index (χ2v) is 0.707. The summed E-state index contributed by atoms with van der Waals surface area (Å²) in [6.07, 6.45) is 1.25. The molecule has 0 nitrogen and oxygen atoms in total. The van der Waals surface area contributed by atoms with Gasteiger partial charge >= 0.3 is 0 Å². The number of rotatable bonds is 0. The van der Waals surface area contributed by atoms with Crippen molar-refractivity contribution in [2.24, 2.45) is 0 Å². The normalized spacial score (nSPS) is 2.56. The van der Waals surface area contributed by atoms with Gasteiger partial charge in [0.2, 0.25) is 0 Å². The molecule has 0 atom stereocenters. The van der Waals surface area contributed by atoms with Crippen molar-refractivity contribution < 1.29 is 0 Å². The molecule has 0 saturated heterocycles. The molecule has 0 bridgehead atoms. The van der Waals surface area contributed by atoms with Crippen LogP contribution in [0.25, 0.3) is 0 Å². The fourth-order valence-electron chi connectivity index (χ4n) is 0. The first-order valence-electron chi connectivity index (χ1n) is 1.99. The Hall–Kier alpha value is 0.0649. The van der Waals surface area contributed by atoms with Crippen molar-refractivity contribution in [2.75, 3.05) is 0 Å². The Morgan fingerprint density at radius 2 is 0.778 bits per heavy atom. The highest BCUT2D eigenvalue weighted by molar-refractivity contribution is 6.05. The van der Waals surface area contributed by atoms with Gasteiger partial charge in [-0.1, -0.05) is 56.8 Å². The third kappa shape index (κ3) is 70400. The van der Waals surface area contributed by atoms with E-state index in [0.717, 1.165) is 0 Å². The van der Waals surface area contributed by atoms with E-state index in [9.17, 15) is 0 Å². The van der Waals surface area contributed by atoms with Crippen LogP contribution in [0, 0.1) is 0 Å². The first-order chi connectivity index (χ1) is 2.41. The second kappa shape index (κ2) is 355. The van der Waals surface area contributed by atoms with Crippen molar-refractivity contribution in [1.82, 2.24) is 0 Å². The molecule has 0 aromatic carbocycles. The van der Waals surface area contributed by atoms with Gasteiger partial charge in [-0.15, -0.1) is 0 Å². The van der Waals surface area contributed by atoms with Crippen molar-refractivity contribution in [2.45, 2.75) is 56.8 Å². The molecule has 0 aliphatic carbocycles. The molecule has 1 heteroatoms. The van der Waals surface area contributed by atoms with Crippen molar-refractivity contribution in [3.8, 4) is 0 Å². The summed E-state index contributed by atoms with van der Waals surface area (Å²) in [6, 6.07) is 0. The van der Waals surface area contributed by atoms with E-state index in [-0.39, 0.29) is 29.7 Å². The summed E-state index contributed by atoms with van der Waals surface area (Å²) < 4.78 is 0. The lowest BCUT2D eigenvalue weighted by Gasteiger charge is -1.48. The summed E-state index contributed by atoms with van der Waals surface area (Å²) in [5.74, 6) is 0. The lowest BCUT2D eigenvalue weighted by Crippen LogP contribution is -1.27. The topological polar surface area (TPSA) is 0 Å². The number of hydrogen-bond acceptors (Lipinski definition) is 0. The Morgan fingerprint density at radius 3 is 0.778 bits per heavy atom. The van der Waals surface area contributed by atoms with Gasteiger partial charge in [-0.05, 0) is 0 Å². The fraction of sp³-hybridized carbons (Fsp3) is 1.00. The van der Waals surface area contributed by atoms with Crippen LogP contribution in [0.4, 0.5) is 0 Å². The van der Waals surface area contributed by atoms with Gasteiger partial charge < -0.3 is 0 Å². The average Bonchev–Trinajstić information content (AvgIpc) is 1.46. The van der Waals surface area contributed by atoms with Gasteiger partial charge in [-0.2, -0.15) is 0 Å². The molecule has 62 valence electrons. The summed E-state index contributed by atoms with van der Waals surface area (Å²) in [4.78, 5) is 0. The van der Waals surface area contributed by atoms with Crippen LogP contribution in [-0.2, 0) is 0 Å². The van der Waals surface area contributed by atoms with Crippen LogP contribution >= 0.6 is 0 Å². The molecule has 0 amide bonds. The van der Waals surface area contributed by atoms with E-state index in [2.05, 4.69) is 21.7 Å². The van der Waals surface area contributed by atoms with Crippen molar-refractivity contribution in [3.05, 3.63) is 0 Å². The Balaban J connectivity index is -0.00000000357. The standard InChI is InChI=1S/C3H8.CH3B.4CH4/c1-3-2;1-2;;;;/h3H2,1-2H3;1H3;4*1H4. The summed E-state index contributed by atoms with van der Waals surface area (Å²) in [6.45, 7) is 5.75. The van der Waals surface area contributed by atoms with Crippen LogP contribution in [0.15, 0.2) is 0 Å². The molecule has 0 saturated carbocycles. The molecule has 0 aliphatic rings. The second-order valence-electron chi connectivity index (χ2n) is 0.707. The molecule has 0 N–H and O–H groups in total. The van der Waals surface area contributed by atoms with Gasteiger partial charge in [0.1, 0.15) is 0 Å². The monoisotopic (exact) mass is 134 g/mol.